The lowest BCUT2D eigenvalue weighted by Gasteiger charge is -2.27. The molecule has 8 heteroatoms. The van der Waals surface area contributed by atoms with Crippen LogP contribution >= 0.6 is 8.38 Å². The van der Waals surface area contributed by atoms with Crippen LogP contribution in [0.4, 0.5) is 11.4 Å². The van der Waals surface area contributed by atoms with Crippen molar-refractivity contribution in [3.8, 4) is 0 Å². The van der Waals surface area contributed by atoms with E-state index < -0.39 is 8.38 Å². The Labute approximate surface area is 280 Å². The molecule has 0 aliphatic carbocycles. The highest BCUT2D eigenvalue weighted by atomic mass is 35.5. The Morgan fingerprint density at radius 2 is 1.71 bits per heavy atom. The van der Waals surface area contributed by atoms with Gasteiger partial charge in [-0.2, -0.15) is 4.58 Å². The highest BCUT2D eigenvalue weighted by Gasteiger charge is 2.44. The summed E-state index contributed by atoms with van der Waals surface area (Å²) in [6, 6.07) is 17.5. The van der Waals surface area contributed by atoms with Gasteiger partial charge in [-0.15, -0.1) is 0 Å². The van der Waals surface area contributed by atoms with Crippen LogP contribution in [0.5, 0.6) is 0 Å². The van der Waals surface area contributed by atoms with Gasteiger partial charge in [-0.3, -0.25) is 4.99 Å². The molecule has 0 saturated heterocycles. The Kier molecular flexibility index (Phi) is 13.4. The number of halogens is 1. The van der Waals surface area contributed by atoms with Crippen LogP contribution in [-0.4, -0.2) is 62.7 Å². The van der Waals surface area contributed by atoms with E-state index in [0.29, 0.717) is 19.8 Å². The first-order valence-corrected chi connectivity index (χ1v) is 17.6. The molecule has 1 unspecified atom stereocenters. The zero-order valence-electron chi connectivity index (χ0n) is 28.8. The summed E-state index contributed by atoms with van der Waals surface area (Å²) < 4.78 is 20.9. The highest BCUT2D eigenvalue weighted by Crippen LogP contribution is 2.47. The van der Waals surface area contributed by atoms with Gasteiger partial charge in [0, 0.05) is 67.3 Å². The number of aliphatic imine (C=N–C) groups is 1. The number of hydrogen-bond acceptors (Lipinski definition) is 5. The van der Waals surface area contributed by atoms with Crippen LogP contribution in [0.15, 0.2) is 89.6 Å². The number of anilines is 1. The number of aliphatic hydroxyl groups is 1. The van der Waals surface area contributed by atoms with Crippen molar-refractivity contribution < 1.29 is 31.1 Å². The van der Waals surface area contributed by atoms with Crippen LogP contribution in [0.2, 0.25) is 0 Å². The number of nitrogens with zero attached hydrogens (tertiary/aromatic N) is 3. The number of para-hydroxylation sites is 2. The van der Waals surface area contributed by atoms with Crippen LogP contribution < -0.4 is 17.3 Å². The van der Waals surface area contributed by atoms with Gasteiger partial charge in [0.25, 0.3) is 0 Å². The topological polar surface area (TPSA) is 57.3 Å². The standard InChI is InChI=1S/C37H51N3O3P.ClH/c1-7-38-29-43-44(6)42-28-18-26-40-33-22-15-13-20-31(33)37(4,5)35(40)24-11-8-10-23-34-36(2,3)30-19-12-14-21-32(30)39(34)25-16-9-17-27-41;/h8,10-15,19-24,29,41H,7,9,16-18,25-28H2,1-6H3;1H/q+1;/p-1/i41T;. The third-order valence-corrected chi connectivity index (χ3v) is 9.54. The van der Waals surface area contributed by atoms with Gasteiger partial charge in [0.15, 0.2) is 18.7 Å². The van der Waals surface area contributed by atoms with E-state index in [9.17, 15) is 0 Å². The maximum atomic E-state index is 6.94. The van der Waals surface area contributed by atoms with Gasteiger partial charge in [-0.05, 0) is 57.7 Å². The Bertz CT molecular complexity index is 1440. The van der Waals surface area contributed by atoms with Crippen LogP contribution in [0, 0.1) is 0 Å². The summed E-state index contributed by atoms with van der Waals surface area (Å²) in [5.41, 5.74) is 7.71. The minimum absolute atomic E-state index is 0. The number of aliphatic hydroxyl groups excluding tert-OH is 1. The molecule has 6 nitrogen and oxygen atoms in total. The molecule has 2 aromatic carbocycles. The van der Waals surface area contributed by atoms with E-state index in [-0.39, 0.29) is 23.2 Å². The average molecular weight is 654 g/mol. The highest BCUT2D eigenvalue weighted by molar-refractivity contribution is 7.46. The van der Waals surface area contributed by atoms with E-state index >= 15 is 0 Å². The van der Waals surface area contributed by atoms with Crippen molar-refractivity contribution in [1.29, 1.82) is 1.43 Å². The normalized spacial score (nSPS) is 18.6. The van der Waals surface area contributed by atoms with Crippen LogP contribution in [0.25, 0.3) is 0 Å². The maximum absolute atomic E-state index is 6.94. The van der Waals surface area contributed by atoms with Gasteiger partial charge < -0.3 is 31.5 Å². The Morgan fingerprint density at radius 1 is 0.956 bits per heavy atom. The summed E-state index contributed by atoms with van der Waals surface area (Å²) >= 11 is 0. The van der Waals surface area contributed by atoms with E-state index in [0.717, 1.165) is 38.8 Å². The monoisotopic (exact) mass is 653 g/mol. The van der Waals surface area contributed by atoms with Crippen molar-refractivity contribution in [2.75, 3.05) is 44.4 Å². The molecule has 1 atom stereocenters. The molecule has 2 aliphatic rings. The molecule has 0 amide bonds. The number of allylic oxidation sites excluding steroid dienone is 6. The molecule has 0 radical (unpaired) electrons. The minimum Gasteiger partial charge on any atom is -1.00 e. The predicted molar refractivity (Wildman–Crippen MR) is 187 cm³/mol. The number of hydrogen-bond donors (Lipinski definition) is 1. The second-order valence-corrected chi connectivity index (χ2v) is 13.7. The lowest BCUT2D eigenvalue weighted by Crippen LogP contribution is -3.00. The van der Waals surface area contributed by atoms with Crippen molar-refractivity contribution in [2.24, 2.45) is 4.99 Å². The fraction of sp³-hybridized carbons (Fsp3) is 0.459. The molecule has 45 heavy (non-hydrogen) atoms. The molecular formula is C37H51ClN3O3P. The van der Waals surface area contributed by atoms with Crippen molar-refractivity contribution in [3.63, 3.8) is 0 Å². The van der Waals surface area contributed by atoms with E-state index in [1.807, 2.05) is 13.6 Å². The van der Waals surface area contributed by atoms with Crippen LogP contribution in [0.3, 0.4) is 0 Å². The number of rotatable bonds is 17. The second kappa shape index (κ2) is 17.2. The van der Waals surface area contributed by atoms with Crippen molar-refractivity contribution in [2.45, 2.75) is 71.1 Å². The third-order valence-electron chi connectivity index (χ3n) is 8.61. The first kappa shape index (κ1) is 35.1. The van der Waals surface area contributed by atoms with Gasteiger partial charge in [0.05, 0.1) is 12.0 Å². The summed E-state index contributed by atoms with van der Waals surface area (Å²) in [4.78, 5) is 6.58. The number of fused-ring (bicyclic) bond motifs is 2. The molecule has 0 fully saturated rings. The quantitative estimate of drug-likeness (QED) is 0.0618. The molecule has 2 aliphatic heterocycles. The summed E-state index contributed by atoms with van der Waals surface area (Å²) in [6.45, 7) is 16.9. The summed E-state index contributed by atoms with van der Waals surface area (Å²) in [5.74, 6) is 0. The molecule has 0 bridgehead atoms. The lowest BCUT2D eigenvalue weighted by molar-refractivity contribution is -0.438. The van der Waals surface area contributed by atoms with Gasteiger partial charge in [-0.25, -0.2) is 0 Å². The average Bonchev–Trinajstić information content (AvgIpc) is 3.38. The SMILES string of the molecule is [3H]OCCCCCN1C(=CC=CC=CC2=[N+](CCCOP(C)OC=NCC)c3ccccc3C2(C)C)C(C)(C)c2ccccc21.[Cl-]. The van der Waals surface area contributed by atoms with Gasteiger partial charge >= 0.3 is 0 Å². The maximum Gasteiger partial charge on any atom is 0.228 e. The zero-order valence-corrected chi connectivity index (χ0v) is 29.5. The Hall–Kier alpha value is -2.76. The van der Waals surface area contributed by atoms with Crippen molar-refractivity contribution in [3.05, 3.63) is 95.7 Å². The minimum atomic E-state index is -0.967. The van der Waals surface area contributed by atoms with E-state index in [1.165, 1.54) is 40.3 Å². The van der Waals surface area contributed by atoms with Gasteiger partial charge in [-0.1, -0.05) is 68.5 Å². The molecular weight excluding hydrogens is 601 g/mol. The molecule has 2 heterocycles. The number of unbranched alkanes of at least 4 members (excludes halogenated alkanes) is 2. The summed E-state index contributed by atoms with van der Waals surface area (Å²) in [7, 11) is -0.967. The van der Waals surface area contributed by atoms with Crippen LogP contribution in [-0.2, 0) is 19.9 Å². The molecule has 244 valence electrons. The fourth-order valence-electron chi connectivity index (χ4n) is 6.29. The molecule has 0 saturated carbocycles. The van der Waals surface area contributed by atoms with Crippen molar-refractivity contribution in [1.82, 2.24) is 0 Å². The molecule has 1 N–H and O–H groups in total. The molecule has 0 aromatic heterocycles. The lowest BCUT2D eigenvalue weighted by atomic mass is 9.81. The molecule has 4 rings (SSSR count). The first-order chi connectivity index (χ1) is 21.7. The largest absolute Gasteiger partial charge is 1.00 e. The fourth-order valence-corrected chi connectivity index (χ4v) is 6.94. The predicted octanol–water partition coefficient (Wildman–Crippen LogP) is 5.44. The van der Waals surface area contributed by atoms with Crippen molar-refractivity contribution >= 4 is 31.9 Å². The zero-order chi connectivity index (χ0) is 32.3. The molecule has 2 aromatic rings. The van der Waals surface area contributed by atoms with E-state index in [4.69, 9.17) is 10.5 Å². The van der Waals surface area contributed by atoms with E-state index in [1.54, 1.807) is 0 Å². The van der Waals surface area contributed by atoms with Gasteiger partial charge in [0.1, 0.15) is 0 Å². The summed E-state index contributed by atoms with van der Waals surface area (Å²) in [5, 5.41) is 4.51. The first-order valence-electron chi connectivity index (χ1n) is 16.4. The summed E-state index contributed by atoms with van der Waals surface area (Å²) in [6.07, 6.45) is 16.5. The Balaban J connectivity index is 0.00000576. The smallest absolute Gasteiger partial charge is 0.228 e. The Morgan fingerprint density at radius 3 is 2.49 bits per heavy atom. The van der Waals surface area contributed by atoms with Crippen LogP contribution in [0.1, 0.15) is 71.4 Å². The number of benzene rings is 2. The third kappa shape index (κ3) is 8.74. The van der Waals surface area contributed by atoms with E-state index in [2.05, 4.69) is 126 Å². The molecule has 0 spiro atoms. The second-order valence-electron chi connectivity index (χ2n) is 12.4. The van der Waals surface area contributed by atoms with Gasteiger partial charge in [0.2, 0.25) is 15.5 Å².